The number of nitrogens with one attached hydrogen (secondary N) is 1. The molecule has 4 rings (SSSR count). The molecule has 0 spiro atoms. The van der Waals surface area contributed by atoms with Gasteiger partial charge in [-0.15, -0.1) is 0 Å². The van der Waals surface area contributed by atoms with Crippen LogP contribution in [0.5, 0.6) is 5.75 Å². The number of fused-ring (bicyclic) bond motifs is 1. The number of amides is 1. The highest BCUT2D eigenvalue weighted by molar-refractivity contribution is 14.1. The second-order valence-electron chi connectivity index (χ2n) is 7.32. The molecule has 3 aromatic rings. The lowest BCUT2D eigenvalue weighted by molar-refractivity contribution is 0.0733. The number of rotatable bonds is 4. The van der Waals surface area contributed by atoms with Gasteiger partial charge < -0.3 is 14.5 Å². The molecule has 0 unspecified atom stereocenters. The Balaban J connectivity index is 1.55. The van der Waals surface area contributed by atoms with E-state index in [-0.39, 0.29) is 22.9 Å². The van der Waals surface area contributed by atoms with Crippen molar-refractivity contribution in [3.8, 4) is 5.75 Å². The molecular formula is C23H20INO5. The van der Waals surface area contributed by atoms with E-state index in [1.807, 2.05) is 12.1 Å². The average molecular weight is 517 g/mol. The Hall–Kier alpha value is -2.68. The van der Waals surface area contributed by atoms with E-state index in [1.54, 1.807) is 24.3 Å². The van der Waals surface area contributed by atoms with Gasteiger partial charge in [0.15, 0.2) is 0 Å². The molecule has 1 aliphatic carbocycles. The van der Waals surface area contributed by atoms with Gasteiger partial charge in [-0.2, -0.15) is 0 Å². The van der Waals surface area contributed by atoms with Crippen LogP contribution in [0.25, 0.3) is 11.0 Å². The summed E-state index contributed by atoms with van der Waals surface area (Å²) in [5, 5.41) is 3.51. The first-order valence-corrected chi connectivity index (χ1v) is 10.9. The fraction of sp³-hybridized carbons (Fsp3) is 0.261. The molecule has 1 fully saturated rings. The standard InChI is InChI=1S/C23H20INO5/c24-19-9-5-4-8-17(19)22(27)29-16-11-10-14-12-18(23(28)30-20(14)13-16)21(26)25-15-6-2-1-3-7-15/h4-5,8-13,15H,1-3,6-7H2,(H,25,26). The van der Waals surface area contributed by atoms with Crippen LogP contribution < -0.4 is 15.7 Å². The van der Waals surface area contributed by atoms with E-state index in [4.69, 9.17) is 9.15 Å². The number of hydrogen-bond donors (Lipinski definition) is 1. The van der Waals surface area contributed by atoms with Gasteiger partial charge in [0.25, 0.3) is 5.91 Å². The fourth-order valence-electron chi connectivity index (χ4n) is 3.61. The Morgan fingerprint density at radius 1 is 1.00 bits per heavy atom. The molecule has 0 aliphatic heterocycles. The Morgan fingerprint density at radius 3 is 2.53 bits per heavy atom. The first-order valence-electron chi connectivity index (χ1n) is 9.87. The van der Waals surface area contributed by atoms with Gasteiger partial charge in [-0.3, -0.25) is 4.79 Å². The van der Waals surface area contributed by atoms with Crippen LogP contribution in [-0.2, 0) is 0 Å². The number of esters is 1. The van der Waals surface area contributed by atoms with Crippen LogP contribution in [0.3, 0.4) is 0 Å². The Bertz CT molecular complexity index is 1160. The van der Waals surface area contributed by atoms with Crippen molar-refractivity contribution < 1.29 is 18.7 Å². The predicted molar refractivity (Wildman–Crippen MR) is 121 cm³/mol. The van der Waals surface area contributed by atoms with E-state index in [9.17, 15) is 14.4 Å². The molecule has 6 nitrogen and oxygen atoms in total. The summed E-state index contributed by atoms with van der Waals surface area (Å²) in [7, 11) is 0. The summed E-state index contributed by atoms with van der Waals surface area (Å²) in [6.07, 6.45) is 5.21. The minimum absolute atomic E-state index is 0.0170. The quantitative estimate of drug-likeness (QED) is 0.235. The monoisotopic (exact) mass is 517 g/mol. The number of hydrogen-bond acceptors (Lipinski definition) is 5. The first kappa shape index (κ1) is 20.6. The van der Waals surface area contributed by atoms with E-state index < -0.39 is 17.5 Å². The van der Waals surface area contributed by atoms with Crippen LogP contribution in [0.1, 0.15) is 52.8 Å². The second kappa shape index (κ2) is 8.99. The minimum Gasteiger partial charge on any atom is -0.423 e. The number of carbonyl (C=O) groups is 2. The zero-order valence-electron chi connectivity index (χ0n) is 16.2. The third-order valence-corrected chi connectivity index (χ3v) is 6.14. The molecule has 1 heterocycles. The molecule has 0 atom stereocenters. The average Bonchev–Trinajstić information content (AvgIpc) is 2.74. The number of benzene rings is 2. The molecule has 1 N–H and O–H groups in total. The van der Waals surface area contributed by atoms with Gasteiger partial charge in [-0.25, -0.2) is 9.59 Å². The summed E-state index contributed by atoms with van der Waals surface area (Å²) in [5.74, 6) is -0.647. The lowest BCUT2D eigenvalue weighted by Crippen LogP contribution is -2.38. The summed E-state index contributed by atoms with van der Waals surface area (Å²) in [6, 6.07) is 13.5. The molecule has 2 aromatic carbocycles. The van der Waals surface area contributed by atoms with Gasteiger partial charge >= 0.3 is 11.6 Å². The maximum Gasteiger partial charge on any atom is 0.349 e. The van der Waals surface area contributed by atoms with Crippen molar-refractivity contribution in [3.05, 3.63) is 73.6 Å². The van der Waals surface area contributed by atoms with Gasteiger partial charge in [0.2, 0.25) is 0 Å². The fourth-order valence-corrected chi connectivity index (χ4v) is 4.22. The van der Waals surface area contributed by atoms with E-state index in [2.05, 4.69) is 27.9 Å². The molecule has 1 amide bonds. The van der Waals surface area contributed by atoms with Crippen LogP contribution >= 0.6 is 22.6 Å². The zero-order chi connectivity index (χ0) is 21.1. The predicted octanol–water partition coefficient (Wildman–Crippen LogP) is 4.68. The zero-order valence-corrected chi connectivity index (χ0v) is 18.3. The van der Waals surface area contributed by atoms with E-state index >= 15 is 0 Å². The van der Waals surface area contributed by atoms with Gasteiger partial charge in [0, 0.05) is 21.1 Å². The summed E-state index contributed by atoms with van der Waals surface area (Å²) in [4.78, 5) is 37.3. The molecule has 0 saturated heterocycles. The third-order valence-electron chi connectivity index (χ3n) is 5.20. The van der Waals surface area contributed by atoms with Crippen LogP contribution in [0, 0.1) is 3.57 Å². The van der Waals surface area contributed by atoms with Crippen molar-refractivity contribution in [2.75, 3.05) is 0 Å². The number of carbonyl (C=O) groups excluding carboxylic acids is 2. The normalized spacial score (nSPS) is 14.4. The summed E-state index contributed by atoms with van der Waals surface area (Å²) in [5.41, 5.74) is -0.0230. The van der Waals surface area contributed by atoms with Crippen molar-refractivity contribution in [1.82, 2.24) is 5.32 Å². The number of ether oxygens (including phenoxy) is 1. The Kier molecular flexibility index (Phi) is 6.17. The molecule has 154 valence electrons. The topological polar surface area (TPSA) is 85.6 Å². The van der Waals surface area contributed by atoms with Crippen molar-refractivity contribution in [2.24, 2.45) is 0 Å². The highest BCUT2D eigenvalue weighted by atomic mass is 127. The molecule has 7 heteroatoms. The SMILES string of the molecule is O=C(Oc1ccc2cc(C(=O)NC3CCCCC3)c(=O)oc2c1)c1ccccc1I. The van der Waals surface area contributed by atoms with Crippen LogP contribution in [-0.4, -0.2) is 17.9 Å². The van der Waals surface area contributed by atoms with Crippen molar-refractivity contribution in [1.29, 1.82) is 0 Å². The number of halogens is 1. The van der Waals surface area contributed by atoms with Crippen molar-refractivity contribution in [2.45, 2.75) is 38.1 Å². The van der Waals surface area contributed by atoms with Gasteiger partial charge in [-0.05, 0) is 65.8 Å². The van der Waals surface area contributed by atoms with Crippen LogP contribution in [0.4, 0.5) is 0 Å². The minimum atomic E-state index is -0.711. The lowest BCUT2D eigenvalue weighted by atomic mass is 9.95. The van der Waals surface area contributed by atoms with Gasteiger partial charge in [0.1, 0.15) is 16.9 Å². The molecule has 1 aliphatic rings. The van der Waals surface area contributed by atoms with Gasteiger partial charge in [-0.1, -0.05) is 31.4 Å². The van der Waals surface area contributed by atoms with E-state index in [0.29, 0.717) is 10.9 Å². The molecule has 0 bridgehead atoms. The molecule has 0 radical (unpaired) electrons. The lowest BCUT2D eigenvalue weighted by Gasteiger charge is -2.22. The molecule has 1 aromatic heterocycles. The maximum absolute atomic E-state index is 12.5. The van der Waals surface area contributed by atoms with Crippen LogP contribution in [0.2, 0.25) is 0 Å². The van der Waals surface area contributed by atoms with Gasteiger partial charge in [0.05, 0.1) is 5.56 Å². The molecule has 30 heavy (non-hydrogen) atoms. The van der Waals surface area contributed by atoms with E-state index in [0.717, 1.165) is 29.3 Å². The summed E-state index contributed by atoms with van der Waals surface area (Å²) < 4.78 is 11.5. The van der Waals surface area contributed by atoms with Crippen molar-refractivity contribution >= 4 is 45.4 Å². The second-order valence-corrected chi connectivity index (χ2v) is 8.49. The van der Waals surface area contributed by atoms with E-state index in [1.165, 1.54) is 18.6 Å². The first-order chi connectivity index (χ1) is 14.5. The van der Waals surface area contributed by atoms with Crippen molar-refractivity contribution in [3.63, 3.8) is 0 Å². The largest absolute Gasteiger partial charge is 0.423 e. The highest BCUT2D eigenvalue weighted by Gasteiger charge is 2.20. The van der Waals surface area contributed by atoms with Crippen LogP contribution in [0.15, 0.2) is 57.7 Å². The molecular weight excluding hydrogens is 497 g/mol. The summed E-state index contributed by atoms with van der Waals surface area (Å²) >= 11 is 2.07. The Morgan fingerprint density at radius 2 is 1.77 bits per heavy atom. The smallest absolute Gasteiger partial charge is 0.349 e. The maximum atomic E-state index is 12.5. The third kappa shape index (κ3) is 4.56. The highest BCUT2D eigenvalue weighted by Crippen LogP contribution is 2.23. The Labute approximate surface area is 186 Å². The summed E-state index contributed by atoms with van der Waals surface area (Å²) in [6.45, 7) is 0. The molecule has 1 saturated carbocycles.